The maximum absolute atomic E-state index is 12.4. The first-order chi connectivity index (χ1) is 30.8. The molecule has 0 atom stereocenters. The molecule has 12 heteroatoms. The van der Waals surface area contributed by atoms with Gasteiger partial charge in [-0.05, 0) is 30.3 Å². The number of hydrogen-bond donors (Lipinski definition) is 6. The van der Waals surface area contributed by atoms with Crippen LogP contribution in [0, 0.1) is 0 Å². The molecule has 4 heterocycles. The van der Waals surface area contributed by atoms with Crippen LogP contribution in [0.25, 0.3) is 111 Å². The van der Waals surface area contributed by atoms with Gasteiger partial charge in [0, 0.05) is 32.7 Å². The third-order valence-corrected chi connectivity index (χ3v) is 11.8. The predicted octanol–water partition coefficient (Wildman–Crippen LogP) is 11.2. The number of aromatic nitrogens is 5. The molecule has 8 aromatic carbocycles. The molecule has 63 heavy (non-hydrogen) atoms. The van der Waals surface area contributed by atoms with Crippen LogP contribution in [-0.4, -0.2) is 54.7 Å². The molecule has 12 nitrogen and oxygen atoms in total. The summed E-state index contributed by atoms with van der Waals surface area (Å²) in [6.45, 7) is 0. The number of furan rings is 1. The highest BCUT2D eigenvalue weighted by atomic mass is 16.4. The number of para-hydroxylation sites is 3. The zero-order valence-electron chi connectivity index (χ0n) is 32.8. The van der Waals surface area contributed by atoms with Crippen LogP contribution >= 0.6 is 0 Å². The minimum Gasteiger partial charge on any atom is -0.505 e. The van der Waals surface area contributed by atoms with Crippen molar-refractivity contribution in [2.24, 2.45) is 0 Å². The second-order valence-electron chi connectivity index (χ2n) is 15.3. The first-order valence-electron chi connectivity index (χ1n) is 20.0. The maximum atomic E-state index is 12.4. The summed E-state index contributed by atoms with van der Waals surface area (Å²) in [6, 6.07) is 47.7. The van der Waals surface area contributed by atoms with E-state index in [-0.39, 0.29) is 39.5 Å². The Bertz CT molecular complexity index is 3760. The van der Waals surface area contributed by atoms with Crippen molar-refractivity contribution in [3.05, 3.63) is 152 Å². The van der Waals surface area contributed by atoms with Crippen molar-refractivity contribution < 1.29 is 35.1 Å². The second kappa shape index (κ2) is 13.2. The number of phenolic OH excluding ortho intramolecular Hbond substituents is 6. The Balaban J connectivity index is 1.13. The van der Waals surface area contributed by atoms with Crippen LogP contribution in [0.4, 0.5) is 0 Å². The van der Waals surface area contributed by atoms with Crippen LogP contribution in [0.1, 0.15) is 0 Å². The van der Waals surface area contributed by atoms with Crippen molar-refractivity contribution in [1.29, 1.82) is 0 Å². The van der Waals surface area contributed by atoms with Gasteiger partial charge in [-0.2, -0.15) is 0 Å². The van der Waals surface area contributed by atoms with Gasteiger partial charge < -0.3 is 44.2 Å². The number of hydrogen-bond acceptors (Lipinski definition) is 10. The molecule has 0 aliphatic carbocycles. The number of nitrogens with zero attached hydrogens (tertiary/aromatic N) is 5. The lowest BCUT2D eigenvalue weighted by molar-refractivity contribution is 0.393. The molecule has 0 spiro atoms. The molecule has 0 bridgehead atoms. The van der Waals surface area contributed by atoms with Crippen LogP contribution in [-0.2, 0) is 0 Å². The Labute approximate surface area is 355 Å². The number of phenols is 6. The lowest BCUT2D eigenvalue weighted by Gasteiger charge is -2.15. The summed E-state index contributed by atoms with van der Waals surface area (Å²) in [5.41, 5.74) is 3.70. The van der Waals surface area contributed by atoms with E-state index in [1.165, 1.54) is 0 Å². The Morgan fingerprint density at radius 3 is 1.43 bits per heavy atom. The van der Waals surface area contributed by atoms with Crippen LogP contribution in [0.15, 0.2) is 156 Å². The molecule has 302 valence electrons. The molecule has 0 saturated carbocycles. The minimum absolute atomic E-state index is 0.198. The zero-order chi connectivity index (χ0) is 42.7. The largest absolute Gasteiger partial charge is 0.505 e. The molecule has 0 fully saturated rings. The summed E-state index contributed by atoms with van der Waals surface area (Å²) in [7, 11) is 0. The van der Waals surface area contributed by atoms with E-state index in [1.807, 2.05) is 103 Å². The Hall–Kier alpha value is -9.03. The summed E-state index contributed by atoms with van der Waals surface area (Å²) in [5, 5.41) is 74.9. The van der Waals surface area contributed by atoms with Crippen LogP contribution in [0.2, 0.25) is 0 Å². The third kappa shape index (κ3) is 5.00. The van der Waals surface area contributed by atoms with E-state index in [4.69, 9.17) is 4.42 Å². The molecule has 12 rings (SSSR count). The molecule has 0 aliphatic heterocycles. The molecule has 0 aliphatic rings. The topological polar surface area (TPSA) is 183 Å². The van der Waals surface area contributed by atoms with Crippen molar-refractivity contribution in [3.8, 4) is 80.0 Å². The highest BCUT2D eigenvalue weighted by Gasteiger charge is 2.34. The quantitative estimate of drug-likeness (QED) is 0.0721. The van der Waals surface area contributed by atoms with Crippen molar-refractivity contribution in [2.75, 3.05) is 0 Å². The average molecular weight is 826 g/mol. The molecular formula is C51H31N5O7. The molecule has 12 aromatic rings. The van der Waals surface area contributed by atoms with Gasteiger partial charge >= 0.3 is 0 Å². The predicted molar refractivity (Wildman–Crippen MR) is 242 cm³/mol. The van der Waals surface area contributed by atoms with Gasteiger partial charge in [0.25, 0.3) is 0 Å². The third-order valence-electron chi connectivity index (χ3n) is 11.8. The van der Waals surface area contributed by atoms with E-state index >= 15 is 0 Å². The van der Waals surface area contributed by atoms with Crippen molar-refractivity contribution in [3.63, 3.8) is 0 Å². The Morgan fingerprint density at radius 1 is 0.349 bits per heavy atom. The second-order valence-corrected chi connectivity index (χ2v) is 15.3. The average Bonchev–Trinajstić information content (AvgIpc) is 4.00. The van der Waals surface area contributed by atoms with Crippen molar-refractivity contribution >= 4 is 65.6 Å². The fourth-order valence-corrected chi connectivity index (χ4v) is 9.08. The van der Waals surface area contributed by atoms with E-state index in [0.717, 1.165) is 38.3 Å². The van der Waals surface area contributed by atoms with E-state index in [1.54, 1.807) is 28.8 Å². The number of benzene rings is 8. The normalized spacial score (nSPS) is 11.9. The van der Waals surface area contributed by atoms with Crippen LogP contribution in [0.3, 0.4) is 0 Å². The van der Waals surface area contributed by atoms with Gasteiger partial charge in [0.05, 0.1) is 38.5 Å². The van der Waals surface area contributed by atoms with Crippen molar-refractivity contribution in [1.82, 2.24) is 24.1 Å². The fourth-order valence-electron chi connectivity index (χ4n) is 9.08. The Kier molecular flexibility index (Phi) is 7.54. The molecule has 0 saturated heterocycles. The minimum atomic E-state index is -0.826. The van der Waals surface area contributed by atoms with E-state index < -0.39 is 45.7 Å². The van der Waals surface area contributed by atoms with Crippen molar-refractivity contribution in [2.45, 2.75) is 0 Å². The first-order valence-corrected chi connectivity index (χ1v) is 20.0. The van der Waals surface area contributed by atoms with Gasteiger partial charge in [-0.3, -0.25) is 0 Å². The van der Waals surface area contributed by atoms with Gasteiger partial charge in [0.2, 0.25) is 5.75 Å². The zero-order valence-corrected chi connectivity index (χ0v) is 32.8. The molecule has 0 radical (unpaired) electrons. The number of rotatable bonds is 5. The van der Waals surface area contributed by atoms with E-state index in [2.05, 4.69) is 43.8 Å². The number of fused-ring (bicyclic) bond motifs is 9. The number of aromatic hydroxyl groups is 6. The summed E-state index contributed by atoms with van der Waals surface area (Å²) in [5.74, 6) is -4.20. The van der Waals surface area contributed by atoms with E-state index in [0.29, 0.717) is 22.2 Å². The summed E-state index contributed by atoms with van der Waals surface area (Å²) < 4.78 is 9.85. The fraction of sp³-hybridized carbons (Fsp3) is 0. The highest BCUT2D eigenvalue weighted by molar-refractivity contribution is 6.21. The SMILES string of the molecule is Oc1c(-n2c3ccccc3c3c(-n4c5ccccc5c5ccccc54)cccc32)c(O)c2c(oc3c(O)c(-c4nc(-c5ccccc5)nc(-c5ccccc5)n4)c(O)c(O)c32)c1O. The smallest absolute Gasteiger partial charge is 0.204 e. The Morgan fingerprint density at radius 2 is 0.825 bits per heavy atom. The van der Waals surface area contributed by atoms with E-state index in [9.17, 15) is 30.6 Å². The molecule has 0 amide bonds. The molecule has 0 unspecified atom stereocenters. The van der Waals surface area contributed by atoms with Gasteiger partial charge in [-0.25, -0.2) is 15.0 Å². The highest BCUT2D eigenvalue weighted by Crippen LogP contribution is 2.58. The van der Waals surface area contributed by atoms with Gasteiger partial charge in [0.15, 0.2) is 57.4 Å². The van der Waals surface area contributed by atoms with Crippen LogP contribution < -0.4 is 0 Å². The maximum Gasteiger partial charge on any atom is 0.204 e. The molecule has 4 aromatic heterocycles. The lowest BCUT2D eigenvalue weighted by atomic mass is 10.0. The summed E-state index contributed by atoms with van der Waals surface area (Å²) in [6.07, 6.45) is 0. The van der Waals surface area contributed by atoms with Gasteiger partial charge in [0.1, 0.15) is 11.3 Å². The standard InChI is InChI=1S/C51H31N5O7/c57-41-37-38-42(58)43(59)39(51-53-49(26-14-3-1-4-15-26)52-50(54-51)27-16-5-2-6-17-27)44(60)47(38)63-48(37)46(62)45(61)40(41)56-33-23-12-9-20-30(33)36-34(24-13-25-35(36)56)55-31-21-10-7-18-28(31)29-19-8-11-22-32(29)55/h1-25,57-62H. The van der Waals surface area contributed by atoms with Gasteiger partial charge in [-0.1, -0.05) is 121 Å². The first kappa shape index (κ1) is 35.9. The van der Waals surface area contributed by atoms with Gasteiger partial charge in [-0.15, -0.1) is 0 Å². The summed E-state index contributed by atoms with van der Waals surface area (Å²) in [4.78, 5) is 13.9. The molecule has 6 N–H and O–H groups in total. The lowest BCUT2D eigenvalue weighted by Crippen LogP contribution is -2.00. The van der Waals surface area contributed by atoms with Crippen LogP contribution in [0.5, 0.6) is 34.5 Å². The summed E-state index contributed by atoms with van der Waals surface area (Å²) >= 11 is 0. The molecular weight excluding hydrogens is 795 g/mol. The monoisotopic (exact) mass is 825 g/mol.